The number of aromatic nitrogens is 1. The summed E-state index contributed by atoms with van der Waals surface area (Å²) in [6, 6.07) is 11.5. The molecule has 4 N–H and O–H groups in total. The number of primary amides is 1. The van der Waals surface area contributed by atoms with Gasteiger partial charge in [-0.15, -0.1) is 0 Å². The van der Waals surface area contributed by atoms with E-state index >= 15 is 0 Å². The number of rotatable bonds is 7. The third kappa shape index (κ3) is 4.18. The first-order chi connectivity index (χ1) is 16.8. The number of nitrogens with one attached hydrogen (secondary N) is 2. The Bertz CT molecular complexity index is 1370. The van der Waals surface area contributed by atoms with E-state index in [4.69, 9.17) is 10.5 Å². The van der Waals surface area contributed by atoms with Gasteiger partial charge < -0.3 is 21.1 Å². The summed E-state index contributed by atoms with van der Waals surface area (Å²) < 4.78 is 34.9. The number of carbonyl (C=O) groups excluding carboxylic acids is 3. The molecule has 1 fully saturated rings. The van der Waals surface area contributed by atoms with Crippen molar-refractivity contribution >= 4 is 29.1 Å². The van der Waals surface area contributed by atoms with Crippen LogP contribution in [-0.2, 0) is 19.8 Å². The van der Waals surface area contributed by atoms with Gasteiger partial charge in [0, 0.05) is 36.5 Å². The van der Waals surface area contributed by atoms with Crippen molar-refractivity contribution in [1.29, 1.82) is 0 Å². The van der Waals surface area contributed by atoms with Gasteiger partial charge in [-0.1, -0.05) is 18.2 Å². The van der Waals surface area contributed by atoms with E-state index in [1.165, 1.54) is 18.3 Å². The maximum Gasteiger partial charge on any atom is 0.232 e. The predicted molar refractivity (Wildman–Crippen MR) is 122 cm³/mol. The average molecular weight is 478 g/mol. The lowest BCUT2D eigenvalue weighted by Gasteiger charge is -2.14. The first-order valence-electron chi connectivity index (χ1n) is 10.9. The smallest absolute Gasteiger partial charge is 0.232 e. The quantitative estimate of drug-likeness (QED) is 0.477. The summed E-state index contributed by atoms with van der Waals surface area (Å²) in [5.74, 6) is -4.30. The lowest BCUT2D eigenvalue weighted by atomic mass is 9.97. The van der Waals surface area contributed by atoms with E-state index in [-0.39, 0.29) is 23.8 Å². The highest BCUT2D eigenvalue weighted by Gasteiger charge is 2.51. The Morgan fingerprint density at radius 1 is 1.14 bits per heavy atom. The van der Waals surface area contributed by atoms with Crippen LogP contribution in [0.5, 0.6) is 11.5 Å². The molecule has 0 bridgehead atoms. The topological polar surface area (TPSA) is 123 Å². The summed E-state index contributed by atoms with van der Waals surface area (Å²) in [6.07, 6.45) is 2.28. The van der Waals surface area contributed by atoms with Crippen LogP contribution in [-0.4, -0.2) is 22.7 Å². The van der Waals surface area contributed by atoms with Gasteiger partial charge in [0.1, 0.15) is 5.75 Å². The second-order valence-corrected chi connectivity index (χ2v) is 8.57. The molecule has 1 atom stereocenters. The molecule has 3 amide bonds. The summed E-state index contributed by atoms with van der Waals surface area (Å²) in [7, 11) is 0. The summed E-state index contributed by atoms with van der Waals surface area (Å²) in [4.78, 5) is 40.6. The maximum atomic E-state index is 14.7. The zero-order valence-corrected chi connectivity index (χ0v) is 18.3. The number of nitrogens with two attached hydrogens (primary N) is 1. The van der Waals surface area contributed by atoms with E-state index in [1.807, 2.05) is 0 Å². The molecule has 178 valence electrons. The molecule has 1 saturated carbocycles. The van der Waals surface area contributed by atoms with Crippen molar-refractivity contribution < 1.29 is 27.9 Å². The Morgan fingerprint density at radius 3 is 2.66 bits per heavy atom. The van der Waals surface area contributed by atoms with Crippen molar-refractivity contribution in [1.82, 2.24) is 4.98 Å². The minimum absolute atomic E-state index is 0.156. The number of nitrogens with zero attached hydrogens (tertiary/aromatic N) is 1. The molecule has 0 spiro atoms. The minimum atomic E-state index is -0.920. The SMILES string of the molecule is NC(=O)C1(c2cc(Oc3cc(F)c(NC(=O)CC4C(=O)Nc5ccccc54)cc3F)ccn2)CC1. The molecule has 1 aliphatic carbocycles. The molecule has 0 radical (unpaired) electrons. The Labute approximate surface area is 198 Å². The molecule has 2 aromatic carbocycles. The Kier molecular flexibility index (Phi) is 5.43. The van der Waals surface area contributed by atoms with Crippen LogP contribution in [0.2, 0.25) is 0 Å². The van der Waals surface area contributed by atoms with E-state index < -0.39 is 40.5 Å². The van der Waals surface area contributed by atoms with Gasteiger partial charge in [-0.25, -0.2) is 8.78 Å². The number of anilines is 2. The Hall–Kier alpha value is -4.34. The number of ether oxygens (including phenoxy) is 1. The number of halogens is 2. The second kappa shape index (κ2) is 8.46. The normalized spacial score (nSPS) is 17.3. The van der Waals surface area contributed by atoms with Crippen LogP contribution >= 0.6 is 0 Å². The van der Waals surface area contributed by atoms with E-state index in [9.17, 15) is 23.2 Å². The number of para-hydroxylation sites is 1. The zero-order chi connectivity index (χ0) is 24.7. The highest BCUT2D eigenvalue weighted by molar-refractivity contribution is 6.06. The minimum Gasteiger partial charge on any atom is -0.454 e. The van der Waals surface area contributed by atoms with E-state index in [1.54, 1.807) is 24.3 Å². The first kappa shape index (κ1) is 22.5. The molecule has 3 aromatic rings. The Balaban J connectivity index is 1.29. The number of fused-ring (bicyclic) bond motifs is 1. The molecular formula is C25H20F2N4O4. The third-order valence-corrected chi connectivity index (χ3v) is 6.27. The van der Waals surface area contributed by atoms with Gasteiger partial charge in [0.15, 0.2) is 17.4 Å². The van der Waals surface area contributed by atoms with Crippen molar-refractivity contribution in [3.05, 3.63) is 77.6 Å². The number of hydrogen-bond donors (Lipinski definition) is 3. The maximum absolute atomic E-state index is 14.7. The van der Waals surface area contributed by atoms with Crippen molar-refractivity contribution in [2.45, 2.75) is 30.6 Å². The van der Waals surface area contributed by atoms with Gasteiger partial charge >= 0.3 is 0 Å². The van der Waals surface area contributed by atoms with Crippen LogP contribution in [0.15, 0.2) is 54.7 Å². The van der Waals surface area contributed by atoms with Crippen molar-refractivity contribution in [3.8, 4) is 11.5 Å². The van der Waals surface area contributed by atoms with Crippen LogP contribution in [0.25, 0.3) is 0 Å². The Morgan fingerprint density at radius 2 is 1.91 bits per heavy atom. The molecule has 5 rings (SSSR count). The molecule has 1 unspecified atom stereocenters. The molecule has 8 nitrogen and oxygen atoms in total. The van der Waals surface area contributed by atoms with Crippen LogP contribution in [0.4, 0.5) is 20.2 Å². The number of carbonyl (C=O) groups is 3. The molecule has 1 aliphatic heterocycles. The second-order valence-electron chi connectivity index (χ2n) is 8.57. The van der Waals surface area contributed by atoms with E-state index in [0.29, 0.717) is 29.8 Å². The standard InChI is InChI=1S/C25H20F2N4O4/c26-16-12-20(35-13-5-8-29-21(9-13)25(6-7-25)24(28)34)17(27)11-19(16)30-22(32)10-15-14-3-1-2-4-18(14)31-23(15)33/h1-5,8-9,11-12,15H,6-7,10H2,(H2,28,34)(H,30,32)(H,31,33). The number of hydrogen-bond acceptors (Lipinski definition) is 5. The van der Waals surface area contributed by atoms with E-state index in [0.717, 1.165) is 12.1 Å². The van der Waals surface area contributed by atoms with Gasteiger partial charge in [0.05, 0.1) is 22.7 Å². The largest absolute Gasteiger partial charge is 0.454 e. The van der Waals surface area contributed by atoms with Crippen molar-refractivity contribution in [2.75, 3.05) is 10.6 Å². The van der Waals surface area contributed by atoms with Crippen LogP contribution in [0.3, 0.4) is 0 Å². The monoisotopic (exact) mass is 478 g/mol. The molecule has 35 heavy (non-hydrogen) atoms. The van der Waals surface area contributed by atoms with Crippen LogP contribution in [0.1, 0.15) is 36.4 Å². The summed E-state index contributed by atoms with van der Waals surface area (Å²) in [5, 5.41) is 5.01. The zero-order valence-electron chi connectivity index (χ0n) is 18.3. The highest BCUT2D eigenvalue weighted by atomic mass is 19.1. The third-order valence-electron chi connectivity index (χ3n) is 6.27. The molecular weight excluding hydrogens is 458 g/mol. The summed E-state index contributed by atoms with van der Waals surface area (Å²) >= 11 is 0. The lowest BCUT2D eigenvalue weighted by Crippen LogP contribution is -2.29. The molecule has 2 aliphatic rings. The molecule has 2 heterocycles. The summed E-state index contributed by atoms with van der Waals surface area (Å²) in [5.41, 5.74) is 5.93. The number of amides is 3. The van der Waals surface area contributed by atoms with Gasteiger partial charge in [-0.05, 0) is 30.5 Å². The fourth-order valence-electron chi connectivity index (χ4n) is 4.18. The number of pyridine rings is 1. The van der Waals surface area contributed by atoms with Gasteiger partial charge in [-0.3, -0.25) is 19.4 Å². The summed E-state index contributed by atoms with van der Waals surface area (Å²) in [6.45, 7) is 0. The fourth-order valence-corrected chi connectivity index (χ4v) is 4.18. The van der Waals surface area contributed by atoms with Crippen molar-refractivity contribution in [2.24, 2.45) is 5.73 Å². The van der Waals surface area contributed by atoms with Crippen LogP contribution in [0, 0.1) is 11.6 Å². The van der Waals surface area contributed by atoms with Gasteiger partial charge in [-0.2, -0.15) is 0 Å². The molecule has 0 saturated heterocycles. The average Bonchev–Trinajstić information content (AvgIpc) is 3.58. The van der Waals surface area contributed by atoms with Gasteiger partial charge in [0.2, 0.25) is 17.7 Å². The van der Waals surface area contributed by atoms with Crippen LogP contribution < -0.4 is 21.1 Å². The fraction of sp³-hybridized carbons (Fsp3) is 0.200. The first-order valence-corrected chi connectivity index (χ1v) is 10.9. The number of benzene rings is 2. The molecule has 10 heteroatoms. The predicted octanol–water partition coefficient (Wildman–Crippen LogP) is 3.73. The highest BCUT2D eigenvalue weighted by Crippen LogP contribution is 2.47. The van der Waals surface area contributed by atoms with E-state index in [2.05, 4.69) is 15.6 Å². The van der Waals surface area contributed by atoms with Crippen molar-refractivity contribution in [3.63, 3.8) is 0 Å². The molecule has 1 aromatic heterocycles. The lowest BCUT2D eigenvalue weighted by molar-refractivity contribution is -0.122. The van der Waals surface area contributed by atoms with Gasteiger partial charge in [0.25, 0.3) is 0 Å².